The Balaban J connectivity index is 1.50. The van der Waals surface area contributed by atoms with Crippen LogP contribution in [0.3, 0.4) is 0 Å². The minimum absolute atomic E-state index is 0.0395. The van der Waals surface area contributed by atoms with E-state index in [1.165, 1.54) is 0 Å². The highest BCUT2D eigenvalue weighted by Gasteiger charge is 2.57. The number of nitrogens with zero attached hydrogens (tertiary/aromatic N) is 2. The van der Waals surface area contributed by atoms with E-state index in [4.69, 9.17) is 4.74 Å². The smallest absolute Gasteiger partial charge is 0.241 e. The first-order valence-corrected chi connectivity index (χ1v) is 17.7. The number of hydrogen-bond donors (Lipinski definition) is 0. The molecule has 0 bridgehead atoms. The molecule has 2 aliphatic heterocycles. The van der Waals surface area contributed by atoms with Crippen LogP contribution in [-0.4, -0.2) is 71.4 Å². The van der Waals surface area contributed by atoms with Crippen LogP contribution in [-0.2, 0) is 9.53 Å². The van der Waals surface area contributed by atoms with E-state index in [2.05, 4.69) is 25.7 Å². The summed E-state index contributed by atoms with van der Waals surface area (Å²) in [6.07, 6.45) is 2.00. The maximum absolute atomic E-state index is 14.6. The van der Waals surface area contributed by atoms with Gasteiger partial charge in [0.25, 0.3) is 0 Å². The van der Waals surface area contributed by atoms with Gasteiger partial charge in [-0.25, -0.2) is 0 Å². The van der Waals surface area contributed by atoms with Crippen molar-refractivity contribution in [2.75, 3.05) is 32.8 Å². The van der Waals surface area contributed by atoms with Crippen LogP contribution in [0, 0.1) is 26.7 Å². The Bertz CT molecular complexity index is 1500. The molecule has 3 unspecified atom stereocenters. The van der Waals surface area contributed by atoms with Gasteiger partial charge in [-0.2, -0.15) is 0 Å². The van der Waals surface area contributed by atoms with Gasteiger partial charge in [-0.15, -0.1) is 0 Å². The van der Waals surface area contributed by atoms with E-state index < -0.39 is 14.0 Å². The Kier molecular flexibility index (Phi) is 10.4. The molecule has 0 aliphatic carbocycles. The standard InChI is InChI=1S/C38H47N2O4P/c1-7-28(5)38(8-2)25-40(38)36(42)32(39-19-21-44-22-20-39)24-33(41)34-26(3)23-27(4)35(29(34)6)37(43)45(30-15-11-9-12-16-30)31-17-13-10-14-18-31/h9-18,23,28,32H,7-8,19-22,24-25H2,1-6H3. The van der Waals surface area contributed by atoms with Gasteiger partial charge in [0.05, 0.1) is 24.8 Å². The fourth-order valence-electron chi connectivity index (χ4n) is 7.30. The van der Waals surface area contributed by atoms with Crippen LogP contribution < -0.4 is 10.6 Å². The zero-order chi connectivity index (χ0) is 32.3. The normalized spacial score (nSPS) is 19.8. The SMILES string of the molecule is CCC(C)C1(CC)CN1C(=O)C(CC(=O)c1c(C)cc(C)c(C(=O)P(c2ccccc2)c2ccccc2)c1C)N1CCOCC1. The molecule has 3 aromatic rings. The lowest BCUT2D eigenvalue weighted by atomic mass is 9.88. The fourth-order valence-corrected chi connectivity index (χ4v) is 9.58. The molecule has 3 atom stereocenters. The molecule has 0 radical (unpaired) electrons. The second kappa shape index (κ2) is 14.1. The number of ketones is 1. The number of carbonyl (C=O) groups is 3. The number of ether oxygens (including phenoxy) is 1. The largest absolute Gasteiger partial charge is 0.379 e. The summed E-state index contributed by atoms with van der Waals surface area (Å²) in [4.78, 5) is 47.3. The molecule has 45 heavy (non-hydrogen) atoms. The third kappa shape index (κ3) is 6.56. The van der Waals surface area contributed by atoms with Crippen molar-refractivity contribution < 1.29 is 19.1 Å². The Morgan fingerprint density at radius 2 is 1.42 bits per heavy atom. The van der Waals surface area contributed by atoms with Gasteiger partial charge in [0.1, 0.15) is 0 Å². The highest BCUT2D eigenvalue weighted by atomic mass is 31.1. The van der Waals surface area contributed by atoms with Gasteiger partial charge in [-0.05, 0) is 60.4 Å². The third-order valence-electron chi connectivity index (χ3n) is 10.1. The molecule has 238 valence electrons. The van der Waals surface area contributed by atoms with E-state index in [1.807, 2.05) is 92.4 Å². The van der Waals surface area contributed by atoms with Crippen LogP contribution in [0.1, 0.15) is 77.4 Å². The number of carbonyl (C=O) groups excluding carboxylic acids is 3. The Hall–Kier alpha value is -3.18. The quantitative estimate of drug-likeness (QED) is 0.136. The first-order valence-electron chi connectivity index (χ1n) is 16.4. The van der Waals surface area contributed by atoms with Crippen molar-refractivity contribution in [3.05, 3.63) is 94.5 Å². The summed E-state index contributed by atoms with van der Waals surface area (Å²) in [6.45, 7) is 15.5. The van der Waals surface area contributed by atoms with Crippen LogP contribution in [0.2, 0.25) is 0 Å². The Morgan fingerprint density at radius 3 is 1.96 bits per heavy atom. The van der Waals surface area contributed by atoms with Crippen LogP contribution in [0.25, 0.3) is 0 Å². The molecule has 7 heteroatoms. The first-order chi connectivity index (χ1) is 21.6. The van der Waals surface area contributed by atoms with E-state index in [1.54, 1.807) is 0 Å². The minimum atomic E-state index is -1.35. The van der Waals surface area contributed by atoms with Crippen molar-refractivity contribution in [2.24, 2.45) is 5.92 Å². The van der Waals surface area contributed by atoms with E-state index in [0.29, 0.717) is 48.9 Å². The number of hydrogen-bond acceptors (Lipinski definition) is 5. The van der Waals surface area contributed by atoms with E-state index in [9.17, 15) is 14.4 Å². The zero-order valence-corrected chi connectivity index (χ0v) is 28.5. The highest BCUT2D eigenvalue weighted by molar-refractivity contribution is 7.88. The molecule has 5 rings (SSSR count). The van der Waals surface area contributed by atoms with Crippen molar-refractivity contribution in [1.82, 2.24) is 9.80 Å². The molecule has 2 saturated heterocycles. The van der Waals surface area contributed by atoms with E-state index in [0.717, 1.165) is 41.1 Å². The summed E-state index contributed by atoms with van der Waals surface area (Å²) >= 11 is 0. The second-order valence-electron chi connectivity index (χ2n) is 12.7. The summed E-state index contributed by atoms with van der Waals surface area (Å²) in [6, 6.07) is 21.3. The van der Waals surface area contributed by atoms with Crippen LogP contribution in [0.4, 0.5) is 0 Å². The average Bonchev–Trinajstić information content (AvgIpc) is 3.80. The molecule has 1 amide bonds. The molecule has 0 saturated carbocycles. The summed E-state index contributed by atoms with van der Waals surface area (Å²) < 4.78 is 5.61. The van der Waals surface area contributed by atoms with Gasteiger partial charge in [0.2, 0.25) is 5.91 Å². The molecular weight excluding hydrogens is 579 g/mol. The first kappa shape index (κ1) is 33.2. The summed E-state index contributed by atoms with van der Waals surface area (Å²) in [5, 5.41) is 1.96. The van der Waals surface area contributed by atoms with Gasteiger partial charge in [-0.1, -0.05) is 93.9 Å². The highest BCUT2D eigenvalue weighted by Crippen LogP contribution is 2.45. The van der Waals surface area contributed by atoms with Crippen molar-refractivity contribution in [2.45, 2.75) is 72.4 Å². The lowest BCUT2D eigenvalue weighted by molar-refractivity contribution is -0.134. The van der Waals surface area contributed by atoms with Crippen LogP contribution >= 0.6 is 7.92 Å². The number of benzene rings is 3. The summed E-state index contributed by atoms with van der Waals surface area (Å²) in [5.41, 5.74) is 3.53. The van der Waals surface area contributed by atoms with Crippen LogP contribution in [0.5, 0.6) is 0 Å². The molecular formula is C38H47N2O4P. The molecule has 0 N–H and O–H groups in total. The Labute approximate surface area is 269 Å². The maximum atomic E-state index is 14.6. The van der Waals surface area contributed by atoms with E-state index in [-0.39, 0.29) is 29.2 Å². The van der Waals surface area contributed by atoms with Gasteiger partial charge in [0, 0.05) is 45.1 Å². The molecule has 2 heterocycles. The van der Waals surface area contributed by atoms with Crippen molar-refractivity contribution in [1.29, 1.82) is 0 Å². The monoisotopic (exact) mass is 626 g/mol. The molecule has 0 aromatic heterocycles. The Morgan fingerprint density at radius 1 is 0.867 bits per heavy atom. The minimum Gasteiger partial charge on any atom is -0.379 e. The third-order valence-corrected chi connectivity index (χ3v) is 12.4. The topological polar surface area (TPSA) is 66.7 Å². The molecule has 6 nitrogen and oxygen atoms in total. The van der Waals surface area contributed by atoms with E-state index >= 15 is 0 Å². The molecule has 2 aliphatic rings. The summed E-state index contributed by atoms with van der Waals surface area (Å²) in [5.74, 6) is 0.356. The van der Waals surface area contributed by atoms with Crippen molar-refractivity contribution in [3.63, 3.8) is 0 Å². The molecule has 2 fully saturated rings. The second-order valence-corrected chi connectivity index (χ2v) is 14.8. The maximum Gasteiger partial charge on any atom is 0.241 e. The molecule has 3 aromatic carbocycles. The van der Waals surface area contributed by atoms with Gasteiger partial charge < -0.3 is 9.64 Å². The fraction of sp³-hybridized carbons (Fsp3) is 0.447. The summed E-state index contributed by atoms with van der Waals surface area (Å²) in [7, 11) is -1.35. The predicted molar refractivity (Wildman–Crippen MR) is 183 cm³/mol. The number of aryl methyl sites for hydroxylation is 2. The number of Topliss-reactive ketones (excluding diaryl/α,β-unsaturated/α-hetero) is 1. The van der Waals surface area contributed by atoms with Crippen molar-refractivity contribution in [3.8, 4) is 0 Å². The zero-order valence-electron chi connectivity index (χ0n) is 27.6. The number of rotatable bonds is 12. The average molecular weight is 627 g/mol. The number of morpholine rings is 1. The van der Waals surface area contributed by atoms with Gasteiger partial charge in [0.15, 0.2) is 11.3 Å². The molecule has 0 spiro atoms. The van der Waals surface area contributed by atoms with Gasteiger partial charge in [-0.3, -0.25) is 19.3 Å². The van der Waals surface area contributed by atoms with Gasteiger partial charge >= 0.3 is 0 Å². The number of amides is 1. The predicted octanol–water partition coefficient (Wildman–Crippen LogP) is 6.20. The van der Waals surface area contributed by atoms with Crippen molar-refractivity contribution >= 4 is 35.7 Å². The lowest BCUT2D eigenvalue weighted by Gasteiger charge is -2.35. The van der Waals surface area contributed by atoms with Crippen LogP contribution in [0.15, 0.2) is 66.7 Å². The lowest BCUT2D eigenvalue weighted by Crippen LogP contribution is -2.51.